The minimum absolute atomic E-state index is 0.128. The molecule has 5 atom stereocenters. The van der Waals surface area contributed by atoms with E-state index < -0.39 is 77.2 Å². The quantitative estimate of drug-likeness (QED) is 0.209. The van der Waals surface area contributed by atoms with E-state index in [1.165, 1.54) is 13.2 Å². The second-order valence-electron chi connectivity index (χ2n) is 7.79. The molecular weight excluding hydrogens is 472 g/mol. The zero-order valence-electron chi connectivity index (χ0n) is 18.0. The van der Waals surface area contributed by atoms with Gasteiger partial charge in [-0.1, -0.05) is 0 Å². The van der Waals surface area contributed by atoms with Crippen molar-refractivity contribution in [2.45, 2.75) is 30.7 Å². The van der Waals surface area contributed by atoms with Crippen LogP contribution in [-0.4, -0.2) is 85.3 Å². The smallest absolute Gasteiger partial charge is 0.239 e. The number of fused-ring (bicyclic) bond motifs is 1. The van der Waals surface area contributed by atoms with E-state index in [2.05, 4.69) is 0 Å². The van der Waals surface area contributed by atoms with Gasteiger partial charge in [-0.2, -0.15) is 0 Å². The highest BCUT2D eigenvalue weighted by Crippen LogP contribution is 2.43. The number of benzene rings is 2. The maximum absolute atomic E-state index is 13.4. The standard InChI is InChI=1S/C22H22O13/c1-32-8-4-9(24)14-12(5-8)33-20(7-2-10(25)15(27)11(26)3-7)21(17(14)29)35-22-19(31)18(30)16(28)13(6-23)34-22/h2-5,13,16,18-19,22-28,30-31H,6H2,1H3/t13-,16+,18+,19-,22+/m1/s1. The summed E-state index contributed by atoms with van der Waals surface area (Å²) in [6, 6.07) is 4.30. The Hall–Kier alpha value is -3.75. The first kappa shape index (κ1) is 24.4. The number of methoxy groups -OCH3 is 1. The SMILES string of the molecule is COc1cc(O)c2c(=O)c(O[C@@H]3O[C@H](CO)[C@H](O)[C@H](O)[C@H]3O)c(-c3cc(O)c(O)c(O)c3)oc2c1. The zero-order chi connectivity index (χ0) is 25.6. The van der Waals surface area contributed by atoms with Crippen molar-refractivity contribution in [2.75, 3.05) is 13.7 Å². The minimum atomic E-state index is -1.89. The van der Waals surface area contributed by atoms with Crippen LogP contribution in [-0.2, 0) is 4.74 Å². The van der Waals surface area contributed by atoms with E-state index in [-0.39, 0.29) is 22.3 Å². The fourth-order valence-corrected chi connectivity index (χ4v) is 3.69. The lowest BCUT2D eigenvalue weighted by atomic mass is 9.99. The summed E-state index contributed by atoms with van der Waals surface area (Å²) in [4.78, 5) is 13.4. The molecule has 1 fully saturated rings. The molecule has 13 nitrogen and oxygen atoms in total. The lowest BCUT2D eigenvalue weighted by molar-refractivity contribution is -0.277. The zero-order valence-corrected chi connectivity index (χ0v) is 18.0. The molecule has 13 heteroatoms. The second kappa shape index (κ2) is 9.13. The monoisotopic (exact) mass is 494 g/mol. The molecule has 2 heterocycles. The first-order valence-corrected chi connectivity index (χ1v) is 10.2. The molecule has 8 N–H and O–H groups in total. The van der Waals surface area contributed by atoms with Crippen molar-refractivity contribution >= 4 is 11.0 Å². The molecule has 0 amide bonds. The molecule has 0 unspecified atom stereocenters. The van der Waals surface area contributed by atoms with Gasteiger partial charge in [0, 0.05) is 17.7 Å². The summed E-state index contributed by atoms with van der Waals surface area (Å²) in [5.41, 5.74) is -1.33. The average molecular weight is 494 g/mol. The van der Waals surface area contributed by atoms with Crippen LogP contribution in [0, 0.1) is 0 Å². The van der Waals surface area contributed by atoms with Crippen LogP contribution in [0.15, 0.2) is 33.5 Å². The Morgan fingerprint density at radius 3 is 2.17 bits per heavy atom. The lowest BCUT2D eigenvalue weighted by Crippen LogP contribution is -2.60. The molecule has 1 aromatic heterocycles. The van der Waals surface area contributed by atoms with Crippen LogP contribution in [0.2, 0.25) is 0 Å². The number of aliphatic hydroxyl groups is 4. The first-order chi connectivity index (χ1) is 16.6. The Morgan fingerprint density at radius 2 is 1.57 bits per heavy atom. The van der Waals surface area contributed by atoms with Gasteiger partial charge in [0.1, 0.15) is 46.9 Å². The van der Waals surface area contributed by atoms with Gasteiger partial charge in [-0.05, 0) is 12.1 Å². The highest BCUT2D eigenvalue weighted by molar-refractivity contribution is 5.88. The lowest BCUT2D eigenvalue weighted by Gasteiger charge is -2.39. The molecule has 35 heavy (non-hydrogen) atoms. The molecule has 4 rings (SSSR count). The Bertz CT molecular complexity index is 1290. The first-order valence-electron chi connectivity index (χ1n) is 10.2. The van der Waals surface area contributed by atoms with Gasteiger partial charge in [-0.3, -0.25) is 4.79 Å². The number of phenols is 4. The van der Waals surface area contributed by atoms with E-state index in [1.54, 1.807) is 0 Å². The fraction of sp³-hybridized carbons (Fsp3) is 0.318. The van der Waals surface area contributed by atoms with Gasteiger partial charge in [0.2, 0.25) is 17.5 Å². The number of ether oxygens (including phenoxy) is 3. The van der Waals surface area contributed by atoms with E-state index >= 15 is 0 Å². The van der Waals surface area contributed by atoms with Crippen molar-refractivity contribution in [3.8, 4) is 45.8 Å². The van der Waals surface area contributed by atoms with Crippen molar-refractivity contribution in [1.29, 1.82) is 0 Å². The summed E-state index contributed by atoms with van der Waals surface area (Å²) in [7, 11) is 1.31. The highest BCUT2D eigenvalue weighted by atomic mass is 16.7. The Balaban J connectivity index is 1.94. The molecule has 0 bridgehead atoms. The summed E-state index contributed by atoms with van der Waals surface area (Å²) < 4.78 is 21.6. The average Bonchev–Trinajstić information content (AvgIpc) is 2.83. The van der Waals surface area contributed by atoms with Crippen LogP contribution in [0.1, 0.15) is 0 Å². The second-order valence-corrected chi connectivity index (χ2v) is 7.79. The van der Waals surface area contributed by atoms with Gasteiger partial charge < -0.3 is 59.5 Å². The summed E-state index contributed by atoms with van der Waals surface area (Å²) in [5.74, 6) is -3.92. The Labute approximate surface area is 195 Å². The normalized spacial score (nSPS) is 24.4. The van der Waals surface area contributed by atoms with Crippen molar-refractivity contribution in [3.05, 3.63) is 34.5 Å². The van der Waals surface area contributed by atoms with Gasteiger partial charge in [0.05, 0.1) is 13.7 Å². The molecule has 0 spiro atoms. The number of hydrogen-bond acceptors (Lipinski definition) is 13. The molecule has 1 saturated heterocycles. The molecule has 0 aliphatic carbocycles. The molecule has 0 radical (unpaired) electrons. The third-order valence-corrected chi connectivity index (χ3v) is 5.56. The maximum Gasteiger partial charge on any atom is 0.239 e. The van der Waals surface area contributed by atoms with Crippen LogP contribution in [0.4, 0.5) is 0 Å². The van der Waals surface area contributed by atoms with E-state index in [9.17, 15) is 45.6 Å². The predicted octanol–water partition coefficient (Wildman–Crippen LogP) is -0.530. The number of aliphatic hydroxyl groups excluding tert-OH is 4. The van der Waals surface area contributed by atoms with E-state index in [1.807, 2.05) is 0 Å². The van der Waals surface area contributed by atoms with Gasteiger partial charge in [0.25, 0.3) is 0 Å². The van der Waals surface area contributed by atoms with Crippen LogP contribution in [0.3, 0.4) is 0 Å². The largest absolute Gasteiger partial charge is 0.507 e. The fourth-order valence-electron chi connectivity index (χ4n) is 3.69. The number of phenolic OH excluding ortho intramolecular Hbond substituents is 4. The minimum Gasteiger partial charge on any atom is -0.507 e. The molecule has 1 aliphatic heterocycles. The van der Waals surface area contributed by atoms with Crippen molar-refractivity contribution < 1.29 is 59.5 Å². The summed E-state index contributed by atoms with van der Waals surface area (Å²) in [6.45, 7) is -0.760. The van der Waals surface area contributed by atoms with Crippen molar-refractivity contribution in [3.63, 3.8) is 0 Å². The maximum atomic E-state index is 13.4. The third kappa shape index (κ3) is 4.15. The molecule has 188 valence electrons. The van der Waals surface area contributed by atoms with E-state index in [4.69, 9.17) is 18.6 Å². The molecule has 1 aliphatic rings. The van der Waals surface area contributed by atoms with Crippen LogP contribution < -0.4 is 14.9 Å². The summed E-state index contributed by atoms with van der Waals surface area (Å²) in [5, 5.41) is 79.4. The van der Waals surface area contributed by atoms with Crippen molar-refractivity contribution in [1.82, 2.24) is 0 Å². The topological polar surface area (TPSA) is 220 Å². The molecular formula is C22H22O13. The van der Waals surface area contributed by atoms with Gasteiger partial charge >= 0.3 is 0 Å². The van der Waals surface area contributed by atoms with Crippen molar-refractivity contribution in [2.24, 2.45) is 0 Å². The predicted molar refractivity (Wildman–Crippen MR) is 116 cm³/mol. The van der Waals surface area contributed by atoms with Gasteiger partial charge in [-0.15, -0.1) is 0 Å². The number of aromatic hydroxyl groups is 4. The highest BCUT2D eigenvalue weighted by Gasteiger charge is 2.45. The summed E-state index contributed by atoms with van der Waals surface area (Å²) >= 11 is 0. The van der Waals surface area contributed by atoms with Crippen LogP contribution in [0.25, 0.3) is 22.3 Å². The molecule has 0 saturated carbocycles. The number of hydrogen-bond donors (Lipinski definition) is 8. The van der Waals surface area contributed by atoms with Crippen LogP contribution in [0.5, 0.6) is 34.5 Å². The van der Waals surface area contributed by atoms with Gasteiger partial charge in [-0.25, -0.2) is 0 Å². The Kier molecular flexibility index (Phi) is 6.36. The third-order valence-electron chi connectivity index (χ3n) is 5.56. The Morgan fingerprint density at radius 1 is 0.914 bits per heavy atom. The van der Waals surface area contributed by atoms with Crippen LogP contribution >= 0.6 is 0 Å². The van der Waals surface area contributed by atoms with E-state index in [0.29, 0.717) is 0 Å². The van der Waals surface area contributed by atoms with E-state index in [0.717, 1.165) is 18.2 Å². The van der Waals surface area contributed by atoms with Gasteiger partial charge in [0.15, 0.2) is 23.0 Å². The number of rotatable bonds is 5. The molecule has 3 aromatic rings. The summed E-state index contributed by atoms with van der Waals surface area (Å²) in [6.07, 6.45) is -8.55. The molecule has 2 aromatic carbocycles.